The Labute approximate surface area is 162 Å². The Balaban J connectivity index is 1.35. The van der Waals surface area contributed by atoms with Gasteiger partial charge < -0.3 is 15.4 Å². The van der Waals surface area contributed by atoms with Crippen LogP contribution >= 0.6 is 11.3 Å². The molecule has 2 aromatic carbocycles. The highest BCUT2D eigenvalue weighted by molar-refractivity contribution is 7.21. The third-order valence-corrected chi connectivity index (χ3v) is 5.56. The number of thiazole rings is 1. The van der Waals surface area contributed by atoms with E-state index < -0.39 is 0 Å². The number of para-hydroxylation sites is 1. The van der Waals surface area contributed by atoms with E-state index in [0.29, 0.717) is 6.54 Å². The molecule has 0 saturated carbocycles. The Morgan fingerprint density at radius 3 is 2.85 bits per heavy atom. The van der Waals surface area contributed by atoms with E-state index in [0.717, 1.165) is 59.3 Å². The number of carbonyl (C=O) groups is 1. The molecule has 1 saturated heterocycles. The van der Waals surface area contributed by atoms with Gasteiger partial charge in [0.15, 0.2) is 0 Å². The van der Waals surface area contributed by atoms with Gasteiger partial charge in [-0.3, -0.25) is 4.90 Å². The summed E-state index contributed by atoms with van der Waals surface area (Å²) < 4.78 is 6.49. The highest BCUT2D eigenvalue weighted by Crippen LogP contribution is 2.31. The van der Waals surface area contributed by atoms with Gasteiger partial charge in [-0.25, -0.2) is 9.78 Å². The molecule has 27 heavy (non-hydrogen) atoms. The van der Waals surface area contributed by atoms with Crippen molar-refractivity contribution in [2.75, 3.05) is 44.7 Å². The van der Waals surface area contributed by atoms with Gasteiger partial charge in [0.25, 0.3) is 0 Å². The lowest BCUT2D eigenvalue weighted by Crippen LogP contribution is -2.42. The fourth-order valence-corrected chi connectivity index (χ4v) is 4.02. The molecule has 1 aliphatic heterocycles. The maximum Gasteiger partial charge on any atom is 0.319 e. The maximum absolute atomic E-state index is 12.2. The van der Waals surface area contributed by atoms with Crippen LogP contribution in [0.15, 0.2) is 48.5 Å². The number of morpholine rings is 1. The SMILES string of the molecule is O=C(NCCN1CCOCC1)Nc1cccc(-c2nc3ccccc3s2)c1. The predicted octanol–water partition coefficient (Wildman–Crippen LogP) is 3.42. The molecular formula is C20H22N4O2S. The first-order valence-electron chi connectivity index (χ1n) is 9.09. The van der Waals surface area contributed by atoms with Crippen molar-refractivity contribution in [3.05, 3.63) is 48.5 Å². The maximum atomic E-state index is 12.2. The monoisotopic (exact) mass is 382 g/mol. The van der Waals surface area contributed by atoms with Gasteiger partial charge in [-0.1, -0.05) is 24.3 Å². The molecular weight excluding hydrogens is 360 g/mol. The summed E-state index contributed by atoms with van der Waals surface area (Å²) in [4.78, 5) is 19.1. The summed E-state index contributed by atoms with van der Waals surface area (Å²) in [6.45, 7) is 4.84. The molecule has 2 heterocycles. The summed E-state index contributed by atoms with van der Waals surface area (Å²) in [6, 6.07) is 15.7. The number of nitrogens with zero attached hydrogens (tertiary/aromatic N) is 2. The third-order valence-electron chi connectivity index (χ3n) is 4.48. The molecule has 140 valence electrons. The Morgan fingerprint density at radius 2 is 2.00 bits per heavy atom. The molecule has 7 heteroatoms. The molecule has 1 aromatic heterocycles. The molecule has 1 aliphatic rings. The number of carbonyl (C=O) groups excluding carboxylic acids is 1. The van der Waals surface area contributed by atoms with Gasteiger partial charge in [0.1, 0.15) is 5.01 Å². The molecule has 4 rings (SSSR count). The average Bonchev–Trinajstić information content (AvgIpc) is 3.13. The Morgan fingerprint density at radius 1 is 1.15 bits per heavy atom. The number of ether oxygens (including phenoxy) is 1. The summed E-state index contributed by atoms with van der Waals surface area (Å²) in [7, 11) is 0. The standard InChI is InChI=1S/C20H22N4O2S/c25-20(21-8-9-24-10-12-26-13-11-24)22-16-5-3-4-15(14-16)19-23-17-6-1-2-7-18(17)27-19/h1-7,14H,8-13H2,(H2,21,22,25). The van der Waals surface area contributed by atoms with Crippen molar-refractivity contribution in [2.45, 2.75) is 0 Å². The van der Waals surface area contributed by atoms with Crippen molar-refractivity contribution in [3.8, 4) is 10.6 Å². The highest BCUT2D eigenvalue weighted by Gasteiger charge is 2.11. The second-order valence-corrected chi connectivity index (χ2v) is 7.43. The van der Waals surface area contributed by atoms with Crippen LogP contribution in [-0.2, 0) is 4.74 Å². The fourth-order valence-electron chi connectivity index (χ4n) is 3.05. The highest BCUT2D eigenvalue weighted by atomic mass is 32.1. The minimum atomic E-state index is -0.190. The molecule has 3 aromatic rings. The van der Waals surface area contributed by atoms with Gasteiger partial charge >= 0.3 is 6.03 Å². The largest absolute Gasteiger partial charge is 0.379 e. The zero-order chi connectivity index (χ0) is 18.5. The minimum absolute atomic E-state index is 0.190. The lowest BCUT2D eigenvalue weighted by Gasteiger charge is -2.26. The lowest BCUT2D eigenvalue weighted by atomic mass is 10.2. The van der Waals surface area contributed by atoms with Gasteiger partial charge in [-0.05, 0) is 24.3 Å². The van der Waals surface area contributed by atoms with Crippen molar-refractivity contribution in [3.63, 3.8) is 0 Å². The normalized spacial score (nSPS) is 15.0. The number of nitrogens with one attached hydrogen (secondary N) is 2. The summed E-state index contributed by atoms with van der Waals surface area (Å²) in [5, 5.41) is 6.77. The minimum Gasteiger partial charge on any atom is -0.379 e. The quantitative estimate of drug-likeness (QED) is 0.710. The Hall–Kier alpha value is -2.48. The molecule has 0 radical (unpaired) electrons. The molecule has 0 spiro atoms. The third kappa shape index (κ3) is 4.63. The van der Waals surface area contributed by atoms with E-state index in [4.69, 9.17) is 4.74 Å². The van der Waals surface area contributed by atoms with Gasteiger partial charge in [0.05, 0.1) is 23.4 Å². The van der Waals surface area contributed by atoms with Crippen LogP contribution in [0.1, 0.15) is 0 Å². The number of hydrogen-bond donors (Lipinski definition) is 2. The van der Waals surface area contributed by atoms with Gasteiger partial charge in [-0.2, -0.15) is 0 Å². The van der Waals surface area contributed by atoms with Crippen LogP contribution in [0.4, 0.5) is 10.5 Å². The van der Waals surface area contributed by atoms with E-state index in [-0.39, 0.29) is 6.03 Å². The number of rotatable bonds is 5. The van der Waals surface area contributed by atoms with E-state index in [9.17, 15) is 4.79 Å². The molecule has 1 fully saturated rings. The number of anilines is 1. The Bertz CT molecular complexity index is 888. The number of amides is 2. The van der Waals surface area contributed by atoms with Crippen LogP contribution in [0, 0.1) is 0 Å². The summed E-state index contributed by atoms with van der Waals surface area (Å²) in [6.07, 6.45) is 0. The van der Waals surface area contributed by atoms with Gasteiger partial charge in [0, 0.05) is 37.4 Å². The van der Waals surface area contributed by atoms with Gasteiger partial charge in [0.2, 0.25) is 0 Å². The zero-order valence-corrected chi connectivity index (χ0v) is 15.8. The summed E-state index contributed by atoms with van der Waals surface area (Å²) in [5.74, 6) is 0. The van der Waals surface area contributed by atoms with Crippen LogP contribution in [-0.4, -0.2) is 55.3 Å². The second kappa shape index (κ2) is 8.47. The molecule has 0 aliphatic carbocycles. The van der Waals surface area contributed by atoms with E-state index in [1.54, 1.807) is 11.3 Å². The number of aromatic nitrogens is 1. The van der Waals surface area contributed by atoms with Gasteiger partial charge in [-0.15, -0.1) is 11.3 Å². The van der Waals surface area contributed by atoms with E-state index >= 15 is 0 Å². The first kappa shape index (κ1) is 17.9. The van der Waals surface area contributed by atoms with E-state index in [1.165, 1.54) is 0 Å². The summed E-state index contributed by atoms with van der Waals surface area (Å²) in [5.41, 5.74) is 2.76. The molecule has 2 N–H and O–H groups in total. The number of urea groups is 1. The van der Waals surface area contributed by atoms with Crippen LogP contribution in [0.3, 0.4) is 0 Å². The average molecular weight is 382 g/mol. The second-order valence-electron chi connectivity index (χ2n) is 6.40. The van der Waals surface area contributed by atoms with Crippen LogP contribution in [0.2, 0.25) is 0 Å². The van der Waals surface area contributed by atoms with Crippen LogP contribution < -0.4 is 10.6 Å². The first-order valence-corrected chi connectivity index (χ1v) is 9.90. The van der Waals surface area contributed by atoms with E-state index in [1.807, 2.05) is 42.5 Å². The summed E-state index contributed by atoms with van der Waals surface area (Å²) >= 11 is 1.65. The van der Waals surface area contributed by atoms with Crippen LogP contribution in [0.25, 0.3) is 20.8 Å². The number of benzene rings is 2. The van der Waals surface area contributed by atoms with Crippen molar-refractivity contribution in [1.82, 2.24) is 15.2 Å². The molecule has 0 unspecified atom stereocenters. The first-order chi connectivity index (χ1) is 13.3. The number of hydrogen-bond acceptors (Lipinski definition) is 5. The fraction of sp³-hybridized carbons (Fsp3) is 0.300. The lowest BCUT2D eigenvalue weighted by molar-refractivity contribution is 0.0388. The molecule has 2 amide bonds. The zero-order valence-electron chi connectivity index (χ0n) is 15.0. The van der Waals surface area contributed by atoms with Crippen molar-refractivity contribution in [2.24, 2.45) is 0 Å². The van der Waals surface area contributed by atoms with E-state index in [2.05, 4.69) is 26.6 Å². The Kier molecular flexibility index (Phi) is 5.62. The topological polar surface area (TPSA) is 66.5 Å². The molecule has 0 atom stereocenters. The van der Waals surface area contributed by atoms with Crippen LogP contribution in [0.5, 0.6) is 0 Å². The van der Waals surface area contributed by atoms with Crippen molar-refractivity contribution in [1.29, 1.82) is 0 Å². The smallest absolute Gasteiger partial charge is 0.319 e. The van der Waals surface area contributed by atoms with Crippen molar-refractivity contribution < 1.29 is 9.53 Å². The number of fused-ring (bicyclic) bond motifs is 1. The molecule has 0 bridgehead atoms. The molecule has 6 nitrogen and oxygen atoms in total. The van der Waals surface area contributed by atoms with Crippen molar-refractivity contribution >= 4 is 33.3 Å². The predicted molar refractivity (Wildman–Crippen MR) is 109 cm³/mol.